The summed E-state index contributed by atoms with van der Waals surface area (Å²) >= 11 is 6.07. The molecule has 0 atom stereocenters. The standard InChI is InChI=1S/C29H27ClFNO/c30-26-6-3-4-21(17-26)12-14-32-15-13-22-16-24-5-1-2-7-27(24)28(18-22)23-8-10-25(11-9-23)29(31)19-33-20-29/h1-11,16-18,32H,12-15,19-20H2. The van der Waals surface area contributed by atoms with E-state index in [4.69, 9.17) is 16.3 Å². The Balaban J connectivity index is 1.30. The lowest BCUT2D eigenvalue weighted by molar-refractivity contribution is -0.135. The van der Waals surface area contributed by atoms with Crippen LogP contribution in [0.15, 0.2) is 84.9 Å². The Morgan fingerprint density at radius 3 is 2.30 bits per heavy atom. The molecule has 1 N–H and O–H groups in total. The van der Waals surface area contributed by atoms with Gasteiger partial charge < -0.3 is 10.1 Å². The monoisotopic (exact) mass is 459 g/mol. The topological polar surface area (TPSA) is 21.3 Å². The van der Waals surface area contributed by atoms with Crippen LogP contribution in [0.1, 0.15) is 16.7 Å². The third-order valence-corrected chi connectivity index (χ3v) is 6.60. The third-order valence-electron chi connectivity index (χ3n) is 6.37. The molecule has 5 rings (SSSR count). The smallest absolute Gasteiger partial charge is 0.182 e. The fourth-order valence-electron chi connectivity index (χ4n) is 4.44. The molecule has 168 valence electrons. The molecule has 1 aliphatic rings. The number of hydrogen-bond acceptors (Lipinski definition) is 2. The van der Waals surface area contributed by atoms with E-state index in [-0.39, 0.29) is 13.2 Å². The van der Waals surface area contributed by atoms with Crippen molar-refractivity contribution in [2.24, 2.45) is 0 Å². The van der Waals surface area contributed by atoms with E-state index >= 15 is 0 Å². The first-order chi connectivity index (χ1) is 16.1. The maximum absolute atomic E-state index is 14.7. The van der Waals surface area contributed by atoms with Gasteiger partial charge in [0.1, 0.15) is 0 Å². The Labute approximate surface area is 199 Å². The summed E-state index contributed by atoms with van der Waals surface area (Å²) in [5.41, 5.74) is 4.19. The van der Waals surface area contributed by atoms with E-state index in [1.165, 1.54) is 27.5 Å². The second-order valence-corrected chi connectivity index (χ2v) is 9.22. The molecule has 1 fully saturated rings. The molecule has 4 aromatic rings. The summed E-state index contributed by atoms with van der Waals surface area (Å²) in [5.74, 6) is 0. The molecular formula is C29H27ClFNO. The van der Waals surface area contributed by atoms with E-state index < -0.39 is 5.67 Å². The molecule has 2 nitrogen and oxygen atoms in total. The quantitative estimate of drug-likeness (QED) is 0.295. The number of alkyl halides is 1. The summed E-state index contributed by atoms with van der Waals surface area (Å²) in [6, 6.07) is 28.9. The van der Waals surface area contributed by atoms with Gasteiger partial charge in [0.25, 0.3) is 0 Å². The van der Waals surface area contributed by atoms with Gasteiger partial charge in [-0.2, -0.15) is 0 Å². The van der Waals surface area contributed by atoms with Crippen molar-refractivity contribution < 1.29 is 9.13 Å². The zero-order chi connectivity index (χ0) is 22.7. The lowest BCUT2D eigenvalue weighted by Crippen LogP contribution is -2.42. The van der Waals surface area contributed by atoms with Crippen molar-refractivity contribution in [2.45, 2.75) is 18.5 Å². The molecule has 0 bridgehead atoms. The number of fused-ring (bicyclic) bond motifs is 1. The fraction of sp³-hybridized carbons (Fsp3) is 0.241. The Morgan fingerprint density at radius 1 is 0.818 bits per heavy atom. The van der Waals surface area contributed by atoms with Gasteiger partial charge in [0.15, 0.2) is 5.67 Å². The van der Waals surface area contributed by atoms with Crippen LogP contribution in [0.2, 0.25) is 5.02 Å². The SMILES string of the molecule is FC1(c2ccc(-c3cc(CCNCCc4cccc(Cl)c4)cc4ccccc34)cc2)COC1. The number of rotatable bonds is 8. The molecule has 0 aliphatic carbocycles. The average Bonchev–Trinajstić information content (AvgIpc) is 2.82. The third kappa shape index (κ3) is 4.96. The van der Waals surface area contributed by atoms with Crippen LogP contribution in [0.3, 0.4) is 0 Å². The predicted octanol–water partition coefficient (Wildman–Crippen LogP) is 6.73. The van der Waals surface area contributed by atoms with Crippen molar-refractivity contribution in [3.8, 4) is 11.1 Å². The van der Waals surface area contributed by atoms with Crippen LogP contribution in [0, 0.1) is 0 Å². The van der Waals surface area contributed by atoms with Gasteiger partial charge in [0, 0.05) is 5.02 Å². The molecule has 0 spiro atoms. The van der Waals surface area contributed by atoms with E-state index in [0.29, 0.717) is 5.56 Å². The van der Waals surface area contributed by atoms with Gasteiger partial charge in [0.2, 0.25) is 0 Å². The van der Waals surface area contributed by atoms with Crippen molar-refractivity contribution in [1.82, 2.24) is 5.32 Å². The van der Waals surface area contributed by atoms with Crippen LogP contribution >= 0.6 is 11.6 Å². The maximum atomic E-state index is 14.7. The number of benzene rings is 4. The van der Waals surface area contributed by atoms with Gasteiger partial charge in [-0.15, -0.1) is 0 Å². The Kier molecular flexibility index (Phi) is 6.45. The molecule has 4 aromatic carbocycles. The number of hydrogen-bond donors (Lipinski definition) is 1. The van der Waals surface area contributed by atoms with Crippen LogP contribution in [0.25, 0.3) is 21.9 Å². The maximum Gasteiger partial charge on any atom is 0.182 e. The fourth-order valence-corrected chi connectivity index (χ4v) is 4.65. The summed E-state index contributed by atoms with van der Waals surface area (Å²) in [4.78, 5) is 0. The molecule has 0 radical (unpaired) electrons. The Hall–Kier alpha value is -2.72. The van der Waals surface area contributed by atoms with Crippen molar-refractivity contribution in [2.75, 3.05) is 26.3 Å². The van der Waals surface area contributed by atoms with Crippen LogP contribution in [0.5, 0.6) is 0 Å². The number of ether oxygens (including phenoxy) is 1. The minimum absolute atomic E-state index is 0.148. The second-order valence-electron chi connectivity index (χ2n) is 8.78. The first-order valence-electron chi connectivity index (χ1n) is 11.5. The van der Waals surface area contributed by atoms with Crippen LogP contribution in [0.4, 0.5) is 4.39 Å². The minimum atomic E-state index is -1.33. The van der Waals surface area contributed by atoms with E-state index in [2.05, 4.69) is 47.8 Å². The van der Waals surface area contributed by atoms with Crippen molar-refractivity contribution in [1.29, 1.82) is 0 Å². The van der Waals surface area contributed by atoms with Crippen molar-refractivity contribution in [3.05, 3.63) is 107 Å². The van der Waals surface area contributed by atoms with E-state index in [1.54, 1.807) is 0 Å². The van der Waals surface area contributed by atoms with Gasteiger partial charge in [-0.3, -0.25) is 0 Å². The summed E-state index contributed by atoms with van der Waals surface area (Å²) in [6.45, 7) is 2.11. The van der Waals surface area contributed by atoms with E-state index in [0.717, 1.165) is 36.5 Å². The van der Waals surface area contributed by atoms with Gasteiger partial charge in [-0.05, 0) is 76.7 Å². The van der Waals surface area contributed by atoms with Crippen molar-refractivity contribution in [3.63, 3.8) is 0 Å². The molecule has 0 amide bonds. The van der Waals surface area contributed by atoms with Crippen LogP contribution < -0.4 is 5.32 Å². The molecule has 0 saturated carbocycles. The summed E-state index contributed by atoms with van der Waals surface area (Å²) in [7, 11) is 0. The molecule has 1 heterocycles. The molecule has 0 unspecified atom stereocenters. The minimum Gasteiger partial charge on any atom is -0.374 e. The molecular weight excluding hydrogens is 433 g/mol. The normalized spacial score (nSPS) is 14.8. The molecule has 1 saturated heterocycles. The average molecular weight is 460 g/mol. The molecule has 4 heteroatoms. The lowest BCUT2D eigenvalue weighted by Gasteiger charge is -2.34. The van der Waals surface area contributed by atoms with E-state index in [1.807, 2.05) is 42.5 Å². The lowest BCUT2D eigenvalue weighted by atomic mass is 9.90. The first kappa shape index (κ1) is 22.1. The zero-order valence-electron chi connectivity index (χ0n) is 18.5. The Morgan fingerprint density at radius 2 is 1.58 bits per heavy atom. The number of nitrogens with one attached hydrogen (secondary N) is 1. The van der Waals surface area contributed by atoms with Gasteiger partial charge in [-0.25, -0.2) is 4.39 Å². The van der Waals surface area contributed by atoms with Gasteiger partial charge in [0.05, 0.1) is 13.2 Å². The summed E-state index contributed by atoms with van der Waals surface area (Å²) in [6.07, 6.45) is 1.90. The highest BCUT2D eigenvalue weighted by Crippen LogP contribution is 2.36. The first-order valence-corrected chi connectivity index (χ1v) is 11.8. The summed E-state index contributed by atoms with van der Waals surface area (Å²) < 4.78 is 19.8. The van der Waals surface area contributed by atoms with Crippen LogP contribution in [-0.4, -0.2) is 26.3 Å². The zero-order valence-corrected chi connectivity index (χ0v) is 19.2. The van der Waals surface area contributed by atoms with Gasteiger partial charge >= 0.3 is 0 Å². The largest absolute Gasteiger partial charge is 0.374 e. The predicted molar refractivity (Wildman–Crippen MR) is 135 cm³/mol. The summed E-state index contributed by atoms with van der Waals surface area (Å²) in [5, 5.41) is 6.77. The highest BCUT2D eigenvalue weighted by Gasteiger charge is 2.40. The van der Waals surface area contributed by atoms with Gasteiger partial charge in [-0.1, -0.05) is 84.4 Å². The number of halogens is 2. The molecule has 0 aromatic heterocycles. The highest BCUT2D eigenvalue weighted by molar-refractivity contribution is 6.30. The van der Waals surface area contributed by atoms with Crippen molar-refractivity contribution >= 4 is 22.4 Å². The second kappa shape index (κ2) is 9.64. The highest BCUT2D eigenvalue weighted by atomic mass is 35.5. The Bertz CT molecular complexity index is 1250. The molecule has 33 heavy (non-hydrogen) atoms. The molecule has 1 aliphatic heterocycles. The van der Waals surface area contributed by atoms with E-state index in [9.17, 15) is 4.39 Å². The van der Waals surface area contributed by atoms with Crippen LogP contribution in [-0.2, 0) is 23.2 Å².